The predicted octanol–water partition coefficient (Wildman–Crippen LogP) is 1.85. The maximum absolute atomic E-state index is 11.8. The molecular weight excluding hydrogens is 194 g/mol. The molecule has 78 valence electrons. The Labute approximate surface area is 87.1 Å². The number of nitrogens with zero attached hydrogens (tertiary/aromatic N) is 1. The molecule has 0 bridgehead atoms. The topological polar surface area (TPSA) is 60.2 Å². The van der Waals surface area contributed by atoms with E-state index in [9.17, 15) is 14.9 Å². The van der Waals surface area contributed by atoms with Crippen LogP contribution in [0.1, 0.15) is 28.8 Å². The van der Waals surface area contributed by atoms with Crippen molar-refractivity contribution in [1.82, 2.24) is 0 Å². The van der Waals surface area contributed by atoms with Gasteiger partial charge in [0.15, 0.2) is 0 Å². The van der Waals surface area contributed by atoms with Gasteiger partial charge in [0.05, 0.1) is 0 Å². The molecule has 0 saturated carbocycles. The predicted molar refractivity (Wildman–Crippen MR) is 54.5 cm³/mol. The third kappa shape index (κ3) is 1.75. The molecule has 0 aliphatic heterocycles. The molecule has 0 N–H and O–H groups in total. The van der Waals surface area contributed by atoms with E-state index in [2.05, 4.69) is 0 Å². The van der Waals surface area contributed by atoms with Gasteiger partial charge in [0.2, 0.25) is 5.78 Å². The lowest BCUT2D eigenvalue weighted by Gasteiger charge is -2.05. The summed E-state index contributed by atoms with van der Waals surface area (Å²) in [5.41, 5.74) is 1.46. The Hall–Kier alpha value is -1.71. The number of Topliss-reactive ketones (excluding diaryl/α,β-unsaturated/α-hetero) is 1. The van der Waals surface area contributed by atoms with E-state index in [1.54, 1.807) is 12.1 Å². The molecule has 4 heteroatoms. The zero-order valence-corrected chi connectivity index (χ0v) is 8.18. The molecule has 1 atom stereocenters. The molecular formula is C11H11NO3. The number of ketones is 1. The molecule has 0 aromatic heterocycles. The van der Waals surface area contributed by atoms with Crippen LogP contribution in [0, 0.1) is 10.1 Å². The Balaban J connectivity index is 2.43. The number of benzene rings is 1. The van der Waals surface area contributed by atoms with E-state index in [1.165, 1.54) is 0 Å². The first-order valence-corrected chi connectivity index (χ1v) is 4.96. The van der Waals surface area contributed by atoms with Crippen LogP contribution in [-0.4, -0.2) is 16.7 Å². The van der Waals surface area contributed by atoms with Gasteiger partial charge in [-0.3, -0.25) is 14.9 Å². The number of carbonyl (C=O) groups excluding carboxylic acids is 1. The van der Waals surface area contributed by atoms with Gasteiger partial charge in [-0.25, -0.2) is 0 Å². The molecule has 1 aromatic carbocycles. The Morgan fingerprint density at radius 2 is 2.07 bits per heavy atom. The molecule has 0 spiro atoms. The Bertz CT molecular complexity index is 414. The normalized spacial score (nSPS) is 20.5. The molecule has 0 amide bonds. The van der Waals surface area contributed by atoms with E-state index in [-0.39, 0.29) is 5.78 Å². The van der Waals surface area contributed by atoms with Crippen molar-refractivity contribution in [2.45, 2.75) is 25.3 Å². The van der Waals surface area contributed by atoms with Gasteiger partial charge in [0.1, 0.15) is 0 Å². The smallest absolute Gasteiger partial charge is 0.274 e. The van der Waals surface area contributed by atoms with Crippen LogP contribution in [0.4, 0.5) is 0 Å². The van der Waals surface area contributed by atoms with E-state index in [0.717, 1.165) is 12.0 Å². The number of fused-ring (bicyclic) bond motifs is 1. The third-order valence-electron chi connectivity index (χ3n) is 2.76. The molecule has 0 saturated heterocycles. The fourth-order valence-electron chi connectivity index (χ4n) is 1.98. The average Bonchev–Trinajstić information content (AvgIpc) is 2.39. The molecule has 1 aliphatic rings. The minimum Gasteiger partial charge on any atom is -0.286 e. The zero-order valence-electron chi connectivity index (χ0n) is 8.18. The SMILES string of the molecule is O=C1c2ccccc2CCCC1[N+](=O)[O-]. The van der Waals surface area contributed by atoms with Crippen LogP contribution in [0.25, 0.3) is 0 Å². The maximum Gasteiger partial charge on any atom is 0.274 e. The van der Waals surface area contributed by atoms with Crippen LogP contribution in [0.5, 0.6) is 0 Å². The summed E-state index contributed by atoms with van der Waals surface area (Å²) in [4.78, 5) is 22.1. The lowest BCUT2D eigenvalue weighted by Crippen LogP contribution is -2.28. The van der Waals surface area contributed by atoms with Gasteiger partial charge in [0, 0.05) is 16.9 Å². The summed E-state index contributed by atoms with van der Waals surface area (Å²) in [6.45, 7) is 0. The number of aryl methyl sites for hydroxylation is 1. The highest BCUT2D eigenvalue weighted by atomic mass is 16.6. The molecule has 1 aromatic rings. The molecule has 2 rings (SSSR count). The van der Waals surface area contributed by atoms with Gasteiger partial charge < -0.3 is 0 Å². The maximum atomic E-state index is 11.8. The minimum absolute atomic E-state index is 0.340. The van der Waals surface area contributed by atoms with Gasteiger partial charge in [-0.05, 0) is 18.4 Å². The summed E-state index contributed by atoms with van der Waals surface area (Å²) in [5.74, 6) is -0.340. The summed E-state index contributed by atoms with van der Waals surface area (Å²) in [6.07, 6.45) is 1.81. The van der Waals surface area contributed by atoms with Crippen LogP contribution in [0.15, 0.2) is 24.3 Å². The largest absolute Gasteiger partial charge is 0.286 e. The van der Waals surface area contributed by atoms with E-state index >= 15 is 0 Å². The first kappa shape index (κ1) is 9.83. The van der Waals surface area contributed by atoms with Crippen molar-refractivity contribution in [1.29, 1.82) is 0 Å². The molecule has 1 unspecified atom stereocenters. The second kappa shape index (κ2) is 3.81. The summed E-state index contributed by atoms with van der Waals surface area (Å²) in [7, 11) is 0. The van der Waals surface area contributed by atoms with Crippen molar-refractivity contribution in [2.75, 3.05) is 0 Å². The number of hydrogen-bond donors (Lipinski definition) is 0. The Kier molecular flexibility index (Phi) is 2.49. The Morgan fingerprint density at radius 3 is 2.80 bits per heavy atom. The van der Waals surface area contributed by atoms with Gasteiger partial charge >= 0.3 is 0 Å². The van der Waals surface area contributed by atoms with Crippen molar-refractivity contribution < 1.29 is 9.72 Å². The first-order chi connectivity index (χ1) is 7.20. The van der Waals surface area contributed by atoms with Gasteiger partial charge in [0.25, 0.3) is 6.04 Å². The number of hydrogen-bond acceptors (Lipinski definition) is 3. The van der Waals surface area contributed by atoms with Gasteiger partial charge in [-0.1, -0.05) is 24.3 Å². The molecule has 1 aliphatic carbocycles. The van der Waals surface area contributed by atoms with Crippen molar-refractivity contribution in [2.24, 2.45) is 0 Å². The quantitative estimate of drug-likeness (QED) is 0.399. The fraction of sp³-hybridized carbons (Fsp3) is 0.364. The van der Waals surface area contributed by atoms with Crippen LogP contribution in [0.2, 0.25) is 0 Å². The molecule has 0 fully saturated rings. The summed E-state index contributed by atoms with van der Waals surface area (Å²) < 4.78 is 0. The second-order valence-corrected chi connectivity index (χ2v) is 3.71. The highest BCUT2D eigenvalue weighted by Crippen LogP contribution is 2.21. The number of carbonyl (C=O) groups is 1. The number of rotatable bonds is 1. The highest BCUT2D eigenvalue weighted by Gasteiger charge is 2.33. The summed E-state index contributed by atoms with van der Waals surface area (Å²) >= 11 is 0. The van der Waals surface area contributed by atoms with E-state index < -0.39 is 11.0 Å². The second-order valence-electron chi connectivity index (χ2n) is 3.71. The zero-order chi connectivity index (χ0) is 10.8. The minimum atomic E-state index is -1.05. The van der Waals surface area contributed by atoms with Crippen molar-refractivity contribution >= 4 is 5.78 Å². The molecule has 0 heterocycles. The summed E-state index contributed by atoms with van der Waals surface area (Å²) in [6, 6.07) is 6.11. The number of nitro groups is 1. The van der Waals surface area contributed by atoms with E-state index in [0.29, 0.717) is 18.4 Å². The standard InChI is InChI=1S/C11H11NO3/c13-11-9-6-2-1-4-8(9)5-3-7-10(11)12(14)15/h1-2,4,6,10H,3,5,7H2. The van der Waals surface area contributed by atoms with Crippen LogP contribution < -0.4 is 0 Å². The molecule has 4 nitrogen and oxygen atoms in total. The van der Waals surface area contributed by atoms with Crippen LogP contribution in [-0.2, 0) is 6.42 Å². The van der Waals surface area contributed by atoms with Crippen molar-refractivity contribution in [3.8, 4) is 0 Å². The Morgan fingerprint density at radius 1 is 1.33 bits per heavy atom. The van der Waals surface area contributed by atoms with E-state index in [4.69, 9.17) is 0 Å². The molecule has 0 radical (unpaired) electrons. The highest BCUT2D eigenvalue weighted by molar-refractivity contribution is 6.00. The summed E-state index contributed by atoms with van der Waals surface area (Å²) in [5, 5.41) is 10.7. The van der Waals surface area contributed by atoms with Crippen molar-refractivity contribution in [3.05, 3.63) is 45.5 Å². The third-order valence-corrected chi connectivity index (χ3v) is 2.76. The lowest BCUT2D eigenvalue weighted by atomic mass is 10.0. The molecule has 15 heavy (non-hydrogen) atoms. The van der Waals surface area contributed by atoms with E-state index in [1.807, 2.05) is 12.1 Å². The van der Waals surface area contributed by atoms with Gasteiger partial charge in [-0.15, -0.1) is 0 Å². The van der Waals surface area contributed by atoms with Gasteiger partial charge in [-0.2, -0.15) is 0 Å². The van der Waals surface area contributed by atoms with Crippen LogP contribution >= 0.6 is 0 Å². The fourth-order valence-corrected chi connectivity index (χ4v) is 1.98. The van der Waals surface area contributed by atoms with Crippen LogP contribution in [0.3, 0.4) is 0 Å². The first-order valence-electron chi connectivity index (χ1n) is 4.96. The lowest BCUT2D eigenvalue weighted by molar-refractivity contribution is -0.505. The average molecular weight is 205 g/mol. The van der Waals surface area contributed by atoms with Crippen molar-refractivity contribution in [3.63, 3.8) is 0 Å². The monoisotopic (exact) mass is 205 g/mol.